The third kappa shape index (κ3) is 2.86. The molecule has 1 saturated heterocycles. The first-order valence-corrected chi connectivity index (χ1v) is 7.24. The molecule has 1 N–H and O–H groups in total. The van der Waals surface area contributed by atoms with Crippen molar-refractivity contribution in [1.29, 1.82) is 0 Å². The zero-order chi connectivity index (χ0) is 12.5. The number of rotatable bonds is 3. The molecule has 1 unspecified atom stereocenters. The summed E-state index contributed by atoms with van der Waals surface area (Å²) in [6, 6.07) is 7.09. The molecule has 0 aromatic heterocycles. The minimum atomic E-state index is -3.37. The van der Waals surface area contributed by atoms with Gasteiger partial charge in [0.2, 0.25) is 10.0 Å². The Morgan fingerprint density at radius 1 is 1.35 bits per heavy atom. The Labute approximate surface area is 103 Å². The average molecular weight is 254 g/mol. The highest BCUT2D eigenvalue weighted by Crippen LogP contribution is 2.16. The van der Waals surface area contributed by atoms with Gasteiger partial charge in [-0.3, -0.25) is 0 Å². The van der Waals surface area contributed by atoms with Gasteiger partial charge in [0.25, 0.3) is 0 Å². The number of hydrogen-bond donors (Lipinski definition) is 1. The molecule has 0 amide bonds. The molecule has 5 heteroatoms. The number of benzene rings is 1. The Bertz CT molecular complexity index is 499. The van der Waals surface area contributed by atoms with Crippen molar-refractivity contribution in [2.24, 2.45) is 0 Å². The van der Waals surface area contributed by atoms with Crippen LogP contribution in [0.4, 0.5) is 0 Å². The number of likely N-dealkylation sites (tertiary alicyclic amines) is 1. The molecule has 1 aliphatic rings. The SMILES string of the molecule is Cc1ccccc1S(=O)(=O)NC1CCN(C)C1. The quantitative estimate of drug-likeness (QED) is 0.874. The van der Waals surface area contributed by atoms with Crippen LogP contribution in [0.1, 0.15) is 12.0 Å². The van der Waals surface area contributed by atoms with Gasteiger partial charge < -0.3 is 4.90 Å². The minimum absolute atomic E-state index is 0.0320. The maximum atomic E-state index is 12.2. The van der Waals surface area contributed by atoms with E-state index in [1.807, 2.05) is 26.1 Å². The summed E-state index contributed by atoms with van der Waals surface area (Å²) in [7, 11) is -1.37. The van der Waals surface area contributed by atoms with Crippen LogP contribution in [0.2, 0.25) is 0 Å². The topological polar surface area (TPSA) is 49.4 Å². The Kier molecular flexibility index (Phi) is 3.51. The molecule has 1 aliphatic heterocycles. The van der Waals surface area contributed by atoms with Crippen LogP contribution in [0.5, 0.6) is 0 Å². The second kappa shape index (κ2) is 4.76. The summed E-state index contributed by atoms with van der Waals surface area (Å²) in [6.07, 6.45) is 0.877. The summed E-state index contributed by atoms with van der Waals surface area (Å²) in [4.78, 5) is 2.51. The highest BCUT2D eigenvalue weighted by molar-refractivity contribution is 7.89. The van der Waals surface area contributed by atoms with Gasteiger partial charge in [0, 0.05) is 12.6 Å². The first-order valence-electron chi connectivity index (χ1n) is 5.75. The molecular weight excluding hydrogens is 236 g/mol. The molecule has 1 atom stereocenters. The molecule has 1 aromatic rings. The van der Waals surface area contributed by atoms with E-state index in [0.29, 0.717) is 4.90 Å². The smallest absolute Gasteiger partial charge is 0.241 e. The predicted octanol–water partition coefficient (Wildman–Crippen LogP) is 0.977. The largest absolute Gasteiger partial charge is 0.305 e. The molecule has 0 saturated carbocycles. The summed E-state index contributed by atoms with van der Waals surface area (Å²) in [6.45, 7) is 3.54. The lowest BCUT2D eigenvalue weighted by molar-refractivity contribution is 0.407. The van der Waals surface area contributed by atoms with Crippen LogP contribution in [0.3, 0.4) is 0 Å². The van der Waals surface area contributed by atoms with Crippen LogP contribution in [-0.2, 0) is 10.0 Å². The van der Waals surface area contributed by atoms with Gasteiger partial charge in [-0.25, -0.2) is 13.1 Å². The minimum Gasteiger partial charge on any atom is -0.305 e. The van der Waals surface area contributed by atoms with Gasteiger partial charge in [0.1, 0.15) is 0 Å². The van der Waals surface area contributed by atoms with Crippen molar-refractivity contribution in [3.05, 3.63) is 29.8 Å². The first-order chi connectivity index (χ1) is 7.99. The van der Waals surface area contributed by atoms with Crippen molar-refractivity contribution in [3.63, 3.8) is 0 Å². The maximum Gasteiger partial charge on any atom is 0.241 e. The highest BCUT2D eigenvalue weighted by Gasteiger charge is 2.25. The second-order valence-corrected chi connectivity index (χ2v) is 6.32. The molecule has 4 nitrogen and oxygen atoms in total. The second-order valence-electron chi connectivity index (χ2n) is 4.63. The molecule has 2 rings (SSSR count). The van der Waals surface area contributed by atoms with Crippen LogP contribution in [0.25, 0.3) is 0 Å². The van der Waals surface area contributed by atoms with Gasteiger partial charge in [-0.2, -0.15) is 0 Å². The van der Waals surface area contributed by atoms with Gasteiger partial charge in [0.15, 0.2) is 0 Å². The zero-order valence-electron chi connectivity index (χ0n) is 10.2. The third-order valence-electron chi connectivity index (χ3n) is 3.10. The number of likely N-dealkylation sites (N-methyl/N-ethyl adjacent to an activating group) is 1. The molecule has 0 aliphatic carbocycles. The molecule has 1 heterocycles. The lowest BCUT2D eigenvalue weighted by Crippen LogP contribution is -2.36. The number of aryl methyl sites for hydroxylation is 1. The fraction of sp³-hybridized carbons (Fsp3) is 0.500. The molecule has 0 spiro atoms. The first kappa shape index (κ1) is 12.5. The molecule has 17 heavy (non-hydrogen) atoms. The van der Waals surface area contributed by atoms with Crippen LogP contribution >= 0.6 is 0 Å². The monoisotopic (exact) mass is 254 g/mol. The van der Waals surface area contributed by atoms with Crippen LogP contribution in [-0.4, -0.2) is 39.5 Å². The molecule has 94 valence electrons. The van der Waals surface area contributed by atoms with E-state index in [1.165, 1.54) is 0 Å². The van der Waals surface area contributed by atoms with E-state index in [-0.39, 0.29) is 6.04 Å². The Morgan fingerprint density at radius 2 is 2.06 bits per heavy atom. The maximum absolute atomic E-state index is 12.2. The molecular formula is C12H18N2O2S. The fourth-order valence-electron chi connectivity index (χ4n) is 2.17. The van der Waals surface area contributed by atoms with Crippen molar-refractivity contribution >= 4 is 10.0 Å². The fourth-order valence-corrected chi connectivity index (χ4v) is 3.68. The van der Waals surface area contributed by atoms with E-state index in [1.54, 1.807) is 12.1 Å². The third-order valence-corrected chi connectivity index (χ3v) is 4.78. The van der Waals surface area contributed by atoms with Gasteiger partial charge in [-0.15, -0.1) is 0 Å². The van der Waals surface area contributed by atoms with Gasteiger partial charge in [0.05, 0.1) is 4.90 Å². The van der Waals surface area contributed by atoms with Crippen molar-refractivity contribution in [1.82, 2.24) is 9.62 Å². The normalized spacial score (nSPS) is 21.9. The molecule has 1 fully saturated rings. The van der Waals surface area contributed by atoms with E-state index in [0.717, 1.165) is 25.1 Å². The highest BCUT2D eigenvalue weighted by atomic mass is 32.2. The Balaban J connectivity index is 2.17. The Morgan fingerprint density at radius 3 is 2.65 bits per heavy atom. The van der Waals surface area contributed by atoms with E-state index in [2.05, 4.69) is 9.62 Å². The summed E-state index contributed by atoms with van der Waals surface area (Å²) in [5, 5.41) is 0. The number of nitrogens with one attached hydrogen (secondary N) is 1. The lowest BCUT2D eigenvalue weighted by atomic mass is 10.2. The van der Waals surface area contributed by atoms with E-state index < -0.39 is 10.0 Å². The summed E-state index contributed by atoms with van der Waals surface area (Å²) >= 11 is 0. The van der Waals surface area contributed by atoms with Crippen LogP contribution in [0.15, 0.2) is 29.2 Å². The number of hydrogen-bond acceptors (Lipinski definition) is 3. The van der Waals surface area contributed by atoms with Gasteiger partial charge >= 0.3 is 0 Å². The van der Waals surface area contributed by atoms with Crippen LogP contribution in [0, 0.1) is 6.92 Å². The molecule has 0 bridgehead atoms. The summed E-state index contributed by atoms with van der Waals surface area (Å²) < 4.78 is 27.1. The van der Waals surface area contributed by atoms with Crippen molar-refractivity contribution < 1.29 is 8.42 Å². The molecule has 0 radical (unpaired) electrons. The van der Waals surface area contributed by atoms with Crippen molar-refractivity contribution in [2.75, 3.05) is 20.1 Å². The lowest BCUT2D eigenvalue weighted by Gasteiger charge is -2.14. The van der Waals surface area contributed by atoms with E-state index in [9.17, 15) is 8.42 Å². The summed E-state index contributed by atoms with van der Waals surface area (Å²) in [5.74, 6) is 0. The number of nitrogens with zero attached hydrogens (tertiary/aromatic N) is 1. The average Bonchev–Trinajstić information content (AvgIpc) is 2.63. The predicted molar refractivity (Wildman–Crippen MR) is 67.4 cm³/mol. The Hall–Kier alpha value is -0.910. The van der Waals surface area contributed by atoms with Gasteiger partial charge in [-0.1, -0.05) is 18.2 Å². The van der Waals surface area contributed by atoms with E-state index in [4.69, 9.17) is 0 Å². The van der Waals surface area contributed by atoms with Crippen LogP contribution < -0.4 is 4.72 Å². The summed E-state index contributed by atoms with van der Waals surface area (Å²) in [5.41, 5.74) is 0.784. The van der Waals surface area contributed by atoms with Crippen molar-refractivity contribution in [2.45, 2.75) is 24.3 Å². The van der Waals surface area contributed by atoms with Gasteiger partial charge in [-0.05, 0) is 38.6 Å². The van der Waals surface area contributed by atoms with Crippen molar-refractivity contribution in [3.8, 4) is 0 Å². The zero-order valence-corrected chi connectivity index (χ0v) is 11.0. The van der Waals surface area contributed by atoms with E-state index >= 15 is 0 Å². The molecule has 1 aromatic carbocycles. The standard InChI is InChI=1S/C12H18N2O2S/c1-10-5-3-4-6-12(10)17(15,16)13-11-7-8-14(2)9-11/h3-6,11,13H,7-9H2,1-2H3. The number of sulfonamides is 1.